The molecule has 1 aliphatic carbocycles. The number of amides is 3. The van der Waals surface area contributed by atoms with E-state index in [9.17, 15) is 14.4 Å². The van der Waals surface area contributed by atoms with E-state index >= 15 is 0 Å². The summed E-state index contributed by atoms with van der Waals surface area (Å²) in [4.78, 5) is 40.7. The van der Waals surface area contributed by atoms with Gasteiger partial charge >= 0.3 is 12.0 Å². The molecule has 2 heterocycles. The highest BCUT2D eigenvalue weighted by molar-refractivity contribution is 6.07. The Balaban J connectivity index is 1.58. The van der Waals surface area contributed by atoms with Crippen molar-refractivity contribution in [2.75, 3.05) is 26.4 Å². The average Bonchev–Trinajstić information content (AvgIpc) is 2.83. The Labute approximate surface area is 149 Å². The third-order valence-corrected chi connectivity index (χ3v) is 6.05. The van der Waals surface area contributed by atoms with E-state index in [2.05, 4.69) is 17.1 Å². The first-order valence-electron chi connectivity index (χ1n) is 9.51. The number of imide groups is 1. The number of nitrogens with zero attached hydrogens (tertiary/aromatic N) is 2. The van der Waals surface area contributed by atoms with E-state index in [4.69, 9.17) is 4.74 Å². The number of likely N-dealkylation sites (tertiary alicyclic amines) is 1. The van der Waals surface area contributed by atoms with Crippen LogP contribution in [0.1, 0.15) is 52.4 Å². The van der Waals surface area contributed by atoms with Crippen LogP contribution >= 0.6 is 0 Å². The highest BCUT2D eigenvalue weighted by Crippen LogP contribution is 2.38. The largest absolute Gasteiger partial charge is 0.466 e. The van der Waals surface area contributed by atoms with E-state index < -0.39 is 5.54 Å². The lowest BCUT2D eigenvalue weighted by Crippen LogP contribution is -2.54. The molecular weight excluding hydrogens is 322 g/mol. The van der Waals surface area contributed by atoms with Gasteiger partial charge in [0.15, 0.2) is 0 Å². The van der Waals surface area contributed by atoms with Crippen LogP contribution in [0.3, 0.4) is 0 Å². The molecule has 0 radical (unpaired) electrons. The van der Waals surface area contributed by atoms with Crippen molar-refractivity contribution in [3.63, 3.8) is 0 Å². The molecule has 2 aliphatic heterocycles. The third-order valence-electron chi connectivity index (χ3n) is 6.05. The fourth-order valence-corrected chi connectivity index (χ4v) is 4.39. The molecule has 0 bridgehead atoms. The fourth-order valence-electron chi connectivity index (χ4n) is 4.39. The van der Waals surface area contributed by atoms with Crippen molar-refractivity contribution in [2.24, 2.45) is 11.8 Å². The number of carbonyl (C=O) groups excluding carboxylic acids is 3. The molecule has 1 N–H and O–H groups in total. The number of hydrogen-bond donors (Lipinski definition) is 1. The Morgan fingerprint density at radius 2 is 1.96 bits per heavy atom. The lowest BCUT2D eigenvalue weighted by Gasteiger charge is -2.37. The van der Waals surface area contributed by atoms with Crippen LogP contribution in [0.2, 0.25) is 0 Å². The second-order valence-electron chi connectivity index (χ2n) is 7.57. The van der Waals surface area contributed by atoms with Crippen LogP contribution in [0.5, 0.6) is 0 Å². The summed E-state index contributed by atoms with van der Waals surface area (Å²) >= 11 is 0. The van der Waals surface area contributed by atoms with Crippen LogP contribution in [0.15, 0.2) is 0 Å². The van der Waals surface area contributed by atoms with E-state index in [0.717, 1.165) is 25.7 Å². The summed E-state index contributed by atoms with van der Waals surface area (Å²) in [7, 11) is 0. The van der Waals surface area contributed by atoms with Gasteiger partial charge in [-0.2, -0.15) is 0 Å². The Hall–Kier alpha value is -1.63. The molecule has 3 rings (SSSR count). The number of carbonyl (C=O) groups is 3. The molecule has 25 heavy (non-hydrogen) atoms. The van der Waals surface area contributed by atoms with Crippen molar-refractivity contribution in [3.8, 4) is 0 Å². The summed E-state index contributed by atoms with van der Waals surface area (Å²) in [6.07, 6.45) is 5.24. The van der Waals surface area contributed by atoms with Crippen molar-refractivity contribution >= 4 is 17.9 Å². The van der Waals surface area contributed by atoms with Crippen LogP contribution in [0.25, 0.3) is 0 Å². The fraction of sp³-hybridized carbons (Fsp3) is 0.833. The minimum atomic E-state index is -0.696. The maximum Gasteiger partial charge on any atom is 0.326 e. The summed E-state index contributed by atoms with van der Waals surface area (Å²) in [6, 6.07) is -0.272. The molecule has 0 unspecified atom stereocenters. The number of ether oxygens (including phenoxy) is 1. The first kappa shape index (κ1) is 18.2. The van der Waals surface area contributed by atoms with Gasteiger partial charge in [-0.25, -0.2) is 9.69 Å². The van der Waals surface area contributed by atoms with E-state index in [1.165, 1.54) is 4.90 Å². The molecule has 7 heteroatoms. The monoisotopic (exact) mass is 351 g/mol. The van der Waals surface area contributed by atoms with Gasteiger partial charge in [0.25, 0.3) is 5.91 Å². The molecule has 3 aliphatic rings. The predicted octanol–water partition coefficient (Wildman–Crippen LogP) is 1.72. The molecule has 3 amide bonds. The number of hydrogen-bond acceptors (Lipinski definition) is 5. The maximum atomic E-state index is 13.0. The minimum Gasteiger partial charge on any atom is -0.466 e. The second kappa shape index (κ2) is 7.32. The maximum absolute atomic E-state index is 13.0. The van der Waals surface area contributed by atoms with Crippen molar-refractivity contribution in [1.29, 1.82) is 0 Å². The quantitative estimate of drug-likeness (QED) is 0.616. The van der Waals surface area contributed by atoms with E-state index in [1.54, 1.807) is 0 Å². The van der Waals surface area contributed by atoms with Crippen LogP contribution < -0.4 is 5.32 Å². The van der Waals surface area contributed by atoms with Crippen LogP contribution in [-0.4, -0.2) is 59.6 Å². The van der Waals surface area contributed by atoms with E-state index in [1.807, 2.05) is 6.92 Å². The van der Waals surface area contributed by atoms with Gasteiger partial charge in [0.05, 0.1) is 19.2 Å². The molecule has 0 aromatic rings. The summed E-state index contributed by atoms with van der Waals surface area (Å²) in [5.41, 5.74) is -0.696. The topological polar surface area (TPSA) is 79.0 Å². The number of esters is 1. The molecule has 3 fully saturated rings. The smallest absolute Gasteiger partial charge is 0.326 e. The normalized spacial score (nSPS) is 31.4. The van der Waals surface area contributed by atoms with E-state index in [0.29, 0.717) is 39.2 Å². The lowest BCUT2D eigenvalue weighted by molar-refractivity contribution is -0.150. The molecule has 140 valence electrons. The number of urea groups is 1. The molecule has 7 nitrogen and oxygen atoms in total. The first-order valence-corrected chi connectivity index (χ1v) is 9.51. The van der Waals surface area contributed by atoms with Crippen molar-refractivity contribution in [3.05, 3.63) is 0 Å². The molecule has 2 atom stereocenters. The van der Waals surface area contributed by atoms with Gasteiger partial charge in [-0.1, -0.05) is 19.8 Å². The Bertz CT molecular complexity index is 544. The average molecular weight is 351 g/mol. The lowest BCUT2D eigenvalue weighted by atomic mass is 9.73. The summed E-state index contributed by atoms with van der Waals surface area (Å²) in [6.45, 7) is 5.99. The van der Waals surface area contributed by atoms with Gasteiger partial charge in [0, 0.05) is 13.1 Å². The van der Waals surface area contributed by atoms with Gasteiger partial charge in [-0.15, -0.1) is 0 Å². The zero-order chi connectivity index (χ0) is 18.0. The predicted molar refractivity (Wildman–Crippen MR) is 91.5 cm³/mol. The summed E-state index contributed by atoms with van der Waals surface area (Å²) < 4.78 is 5.09. The second-order valence-corrected chi connectivity index (χ2v) is 7.57. The van der Waals surface area contributed by atoms with Crippen LogP contribution in [0, 0.1) is 11.8 Å². The van der Waals surface area contributed by atoms with Crippen LogP contribution in [0.4, 0.5) is 4.79 Å². The zero-order valence-corrected chi connectivity index (χ0v) is 15.3. The molecule has 0 aromatic heterocycles. The van der Waals surface area contributed by atoms with Crippen LogP contribution in [-0.2, 0) is 14.3 Å². The SMILES string of the molecule is CCOC(=O)C1CCN(CN2C(=O)N[C@]3(CCCC[C@@H]3C)C2=O)CC1. The Morgan fingerprint density at radius 3 is 2.60 bits per heavy atom. The van der Waals surface area contributed by atoms with Gasteiger partial charge in [-0.05, 0) is 38.5 Å². The minimum absolute atomic E-state index is 0.0657. The van der Waals surface area contributed by atoms with Gasteiger partial charge < -0.3 is 10.1 Å². The number of rotatable bonds is 4. The molecule has 1 spiro atoms. The zero-order valence-electron chi connectivity index (χ0n) is 15.3. The number of piperidine rings is 1. The molecular formula is C18H29N3O4. The Kier molecular flexibility index (Phi) is 5.32. The van der Waals surface area contributed by atoms with Crippen molar-refractivity contribution in [1.82, 2.24) is 15.1 Å². The van der Waals surface area contributed by atoms with Gasteiger partial charge in [-0.3, -0.25) is 14.5 Å². The molecule has 1 saturated carbocycles. The number of nitrogens with one attached hydrogen (secondary N) is 1. The summed E-state index contributed by atoms with van der Waals surface area (Å²) in [5, 5.41) is 2.99. The first-order chi connectivity index (χ1) is 12.0. The summed E-state index contributed by atoms with van der Waals surface area (Å²) in [5.74, 6) is -0.0920. The Morgan fingerprint density at radius 1 is 1.24 bits per heavy atom. The molecule has 0 aromatic carbocycles. The van der Waals surface area contributed by atoms with Gasteiger partial charge in [0.1, 0.15) is 5.54 Å². The highest BCUT2D eigenvalue weighted by atomic mass is 16.5. The van der Waals surface area contributed by atoms with Crippen molar-refractivity contribution in [2.45, 2.75) is 57.9 Å². The van der Waals surface area contributed by atoms with Crippen molar-refractivity contribution < 1.29 is 19.1 Å². The van der Waals surface area contributed by atoms with Gasteiger partial charge in [0.2, 0.25) is 0 Å². The molecule has 2 saturated heterocycles. The standard InChI is InChI=1S/C18H29N3O4/c1-3-25-15(22)14-7-10-20(11-8-14)12-21-16(23)18(19-17(21)24)9-5-4-6-13(18)2/h13-14H,3-12H2,1-2H3,(H,19,24)/t13-,18-/m0/s1. The third kappa shape index (κ3) is 3.38. The highest BCUT2D eigenvalue weighted by Gasteiger charge is 2.55. The van der Waals surface area contributed by atoms with E-state index in [-0.39, 0.29) is 29.7 Å².